The van der Waals surface area contributed by atoms with Crippen LogP contribution in [0.25, 0.3) is 11.1 Å². The highest BCUT2D eigenvalue weighted by Crippen LogP contribution is 2.26. The molecule has 1 amide bonds. The summed E-state index contributed by atoms with van der Waals surface area (Å²) in [5, 5.41) is 12.8. The molecule has 1 atom stereocenters. The zero-order valence-electron chi connectivity index (χ0n) is 24.6. The zero-order valence-corrected chi connectivity index (χ0v) is 25.5. The van der Waals surface area contributed by atoms with Gasteiger partial charge in [-0.1, -0.05) is 83.5 Å². The number of hydrogen-bond donors (Lipinski definition) is 3. The van der Waals surface area contributed by atoms with Crippen LogP contribution in [0.2, 0.25) is 0 Å². The molecule has 2 aromatic carbocycles. The molecule has 6 nitrogen and oxygen atoms in total. The Morgan fingerprint density at radius 1 is 1.02 bits per heavy atom. The topological polar surface area (TPSA) is 84.2 Å². The number of amides is 1. The van der Waals surface area contributed by atoms with E-state index in [9.17, 15) is 14.7 Å². The van der Waals surface area contributed by atoms with Gasteiger partial charge < -0.3 is 15.0 Å². The van der Waals surface area contributed by atoms with E-state index >= 15 is 0 Å². The monoisotopic (exact) mass is 563 g/mol. The summed E-state index contributed by atoms with van der Waals surface area (Å²) in [7, 11) is 0. The Kier molecular flexibility index (Phi) is 11.9. The van der Waals surface area contributed by atoms with Crippen molar-refractivity contribution in [2.24, 2.45) is 17.8 Å². The highest BCUT2D eigenvalue weighted by Gasteiger charge is 2.22. The van der Waals surface area contributed by atoms with Crippen LogP contribution in [0.3, 0.4) is 0 Å². The van der Waals surface area contributed by atoms with Gasteiger partial charge in [0.25, 0.3) is 0 Å². The Balaban J connectivity index is 1.94. The van der Waals surface area contributed by atoms with Crippen molar-refractivity contribution in [1.82, 2.24) is 14.9 Å². The summed E-state index contributed by atoms with van der Waals surface area (Å²) in [6.07, 6.45) is 4.67. The van der Waals surface area contributed by atoms with Crippen LogP contribution in [0.15, 0.2) is 48.5 Å². The molecule has 0 radical (unpaired) electrons. The molecular formula is C33H45N3O3S. The minimum atomic E-state index is -0.934. The van der Waals surface area contributed by atoms with Crippen LogP contribution >= 0.6 is 12.6 Å². The molecule has 1 aromatic heterocycles. The standard InChI is InChI=1S/C33H45N3O3S/c1-6-7-12-31-35-29(18-23(4)5)30(19-34-32(37)26(21-40)17-22(2)3)36(31)20-24-13-15-25(16-14-24)27-10-8-9-11-28(27)33(38)39/h8-11,13-16,22-23,26,40H,6-7,12,17-21H2,1-5H3,(H,34,37)(H,38,39)/t26-/m1/s1. The first-order chi connectivity index (χ1) is 19.1. The molecule has 40 heavy (non-hydrogen) atoms. The predicted octanol–water partition coefficient (Wildman–Crippen LogP) is 7.05. The molecule has 0 saturated heterocycles. The molecule has 0 aliphatic carbocycles. The van der Waals surface area contributed by atoms with E-state index in [1.807, 2.05) is 24.3 Å². The van der Waals surface area contributed by atoms with E-state index in [-0.39, 0.29) is 11.8 Å². The van der Waals surface area contributed by atoms with Gasteiger partial charge in [-0.25, -0.2) is 9.78 Å². The van der Waals surface area contributed by atoms with Crippen molar-refractivity contribution in [2.45, 2.75) is 79.8 Å². The number of hydrogen-bond acceptors (Lipinski definition) is 4. The fourth-order valence-electron chi connectivity index (χ4n) is 5.09. The number of aromatic carboxylic acids is 1. The Labute approximate surface area is 245 Å². The zero-order chi connectivity index (χ0) is 29.2. The number of aromatic nitrogens is 2. The second-order valence-corrected chi connectivity index (χ2v) is 11.8. The third kappa shape index (κ3) is 8.47. The van der Waals surface area contributed by atoms with E-state index in [4.69, 9.17) is 4.98 Å². The molecule has 0 saturated carbocycles. The van der Waals surface area contributed by atoms with Crippen molar-refractivity contribution in [3.63, 3.8) is 0 Å². The van der Waals surface area contributed by atoms with E-state index in [1.165, 1.54) is 0 Å². The molecule has 0 spiro atoms. The molecule has 1 heterocycles. The fraction of sp³-hybridized carbons (Fsp3) is 0.485. The van der Waals surface area contributed by atoms with Crippen LogP contribution in [0.5, 0.6) is 0 Å². The van der Waals surface area contributed by atoms with Crippen LogP contribution in [0.1, 0.15) is 87.0 Å². The van der Waals surface area contributed by atoms with Crippen LogP contribution in [0.4, 0.5) is 0 Å². The minimum Gasteiger partial charge on any atom is -0.478 e. The number of carbonyl (C=O) groups excluding carboxylic acids is 1. The summed E-state index contributed by atoms with van der Waals surface area (Å²) >= 11 is 4.45. The fourth-order valence-corrected chi connectivity index (χ4v) is 5.41. The van der Waals surface area contributed by atoms with Gasteiger partial charge in [0.15, 0.2) is 0 Å². The average Bonchev–Trinajstić information content (AvgIpc) is 3.23. The van der Waals surface area contributed by atoms with E-state index in [0.29, 0.717) is 41.8 Å². The van der Waals surface area contributed by atoms with E-state index in [1.54, 1.807) is 12.1 Å². The van der Waals surface area contributed by atoms with Crippen LogP contribution < -0.4 is 5.32 Å². The summed E-state index contributed by atoms with van der Waals surface area (Å²) in [5.41, 5.74) is 5.09. The molecule has 3 rings (SSSR count). The average molecular weight is 564 g/mol. The lowest BCUT2D eigenvalue weighted by atomic mass is 9.98. The number of rotatable bonds is 15. The van der Waals surface area contributed by atoms with Gasteiger partial charge in [-0.05, 0) is 53.9 Å². The van der Waals surface area contributed by atoms with Crippen molar-refractivity contribution in [3.05, 3.63) is 76.9 Å². The molecule has 0 fully saturated rings. The number of nitrogens with zero attached hydrogens (tertiary/aromatic N) is 2. The first-order valence-corrected chi connectivity index (χ1v) is 15.1. The summed E-state index contributed by atoms with van der Waals surface area (Å²) in [5.74, 6) is 1.44. The molecule has 0 bridgehead atoms. The number of carbonyl (C=O) groups is 2. The number of benzene rings is 2. The van der Waals surface area contributed by atoms with Gasteiger partial charge in [0, 0.05) is 24.6 Å². The predicted molar refractivity (Wildman–Crippen MR) is 166 cm³/mol. The number of imidazole rings is 1. The highest BCUT2D eigenvalue weighted by atomic mass is 32.1. The number of nitrogens with one attached hydrogen (secondary N) is 1. The van der Waals surface area contributed by atoms with Gasteiger partial charge in [0.1, 0.15) is 5.82 Å². The Morgan fingerprint density at radius 2 is 1.73 bits per heavy atom. The first kappa shape index (κ1) is 31.5. The second kappa shape index (κ2) is 15.1. The van der Waals surface area contributed by atoms with E-state index in [0.717, 1.165) is 60.4 Å². The SMILES string of the molecule is CCCCc1nc(CC(C)C)c(CNC(=O)[C@@H](CS)CC(C)C)n1Cc1ccc(-c2ccccc2C(=O)O)cc1. The van der Waals surface area contributed by atoms with E-state index in [2.05, 4.69) is 69.3 Å². The largest absolute Gasteiger partial charge is 0.478 e. The van der Waals surface area contributed by atoms with Gasteiger partial charge in [-0.2, -0.15) is 12.6 Å². The third-order valence-electron chi connectivity index (χ3n) is 7.13. The third-order valence-corrected chi connectivity index (χ3v) is 7.57. The number of carboxylic acids is 1. The summed E-state index contributed by atoms with van der Waals surface area (Å²) in [4.78, 5) is 29.9. The quantitative estimate of drug-likeness (QED) is 0.173. The summed E-state index contributed by atoms with van der Waals surface area (Å²) in [6, 6.07) is 15.2. The molecule has 216 valence electrons. The van der Waals surface area contributed by atoms with Gasteiger partial charge in [-0.15, -0.1) is 0 Å². The normalized spacial score (nSPS) is 12.2. The first-order valence-electron chi connectivity index (χ1n) is 14.5. The molecule has 3 aromatic rings. The van der Waals surface area contributed by atoms with Gasteiger partial charge in [0.05, 0.1) is 23.5 Å². The van der Waals surface area contributed by atoms with Crippen molar-refractivity contribution in [2.75, 3.05) is 5.75 Å². The maximum absolute atomic E-state index is 13.1. The highest BCUT2D eigenvalue weighted by molar-refractivity contribution is 7.80. The van der Waals surface area contributed by atoms with Gasteiger partial charge >= 0.3 is 5.97 Å². The van der Waals surface area contributed by atoms with Crippen molar-refractivity contribution < 1.29 is 14.7 Å². The maximum atomic E-state index is 13.1. The van der Waals surface area contributed by atoms with Crippen molar-refractivity contribution >= 4 is 24.5 Å². The second-order valence-electron chi connectivity index (χ2n) is 11.5. The molecule has 2 N–H and O–H groups in total. The number of thiol groups is 1. The Bertz CT molecular complexity index is 1260. The molecule has 0 unspecified atom stereocenters. The molecule has 7 heteroatoms. The van der Waals surface area contributed by atoms with Crippen LogP contribution in [-0.4, -0.2) is 32.3 Å². The van der Waals surface area contributed by atoms with Crippen LogP contribution in [0, 0.1) is 17.8 Å². The van der Waals surface area contributed by atoms with E-state index < -0.39 is 5.97 Å². The molecular weight excluding hydrogens is 518 g/mol. The van der Waals surface area contributed by atoms with Crippen LogP contribution in [-0.2, 0) is 30.7 Å². The van der Waals surface area contributed by atoms with Gasteiger partial charge in [-0.3, -0.25) is 4.79 Å². The Hall–Kier alpha value is -3.06. The molecule has 0 aliphatic heterocycles. The number of carboxylic acid groups (broad SMARTS) is 1. The lowest BCUT2D eigenvalue weighted by Crippen LogP contribution is -2.33. The maximum Gasteiger partial charge on any atom is 0.336 e. The molecule has 0 aliphatic rings. The summed E-state index contributed by atoms with van der Waals surface area (Å²) in [6.45, 7) is 11.9. The van der Waals surface area contributed by atoms with Gasteiger partial charge in [0.2, 0.25) is 5.91 Å². The Morgan fingerprint density at radius 3 is 2.33 bits per heavy atom. The lowest BCUT2D eigenvalue weighted by molar-refractivity contribution is -0.124. The number of aryl methyl sites for hydroxylation is 1. The minimum absolute atomic E-state index is 0.0449. The van der Waals surface area contributed by atoms with Crippen molar-refractivity contribution in [3.8, 4) is 11.1 Å². The smallest absolute Gasteiger partial charge is 0.336 e. The lowest BCUT2D eigenvalue weighted by Gasteiger charge is -2.18. The number of unbranched alkanes of at least 4 members (excludes halogenated alkanes) is 1. The van der Waals surface area contributed by atoms with Crippen molar-refractivity contribution in [1.29, 1.82) is 0 Å². The summed E-state index contributed by atoms with van der Waals surface area (Å²) < 4.78 is 2.28.